The van der Waals surface area contributed by atoms with Gasteiger partial charge in [0.05, 0.1) is 12.2 Å². The number of guanidine groups is 1. The zero-order valence-corrected chi connectivity index (χ0v) is 15.4. The van der Waals surface area contributed by atoms with Crippen LogP contribution < -0.4 is 15.5 Å². The molecule has 1 aliphatic rings. The summed E-state index contributed by atoms with van der Waals surface area (Å²) in [6.45, 7) is 4.14. The summed E-state index contributed by atoms with van der Waals surface area (Å²) in [6.07, 6.45) is 5.18. The van der Waals surface area contributed by atoms with E-state index in [2.05, 4.69) is 20.7 Å². The van der Waals surface area contributed by atoms with E-state index in [4.69, 9.17) is 0 Å². The fourth-order valence-electron chi connectivity index (χ4n) is 3.07. The second kappa shape index (κ2) is 8.51. The fourth-order valence-corrected chi connectivity index (χ4v) is 3.07. The highest BCUT2D eigenvalue weighted by molar-refractivity contribution is 5.97. The number of benzene rings is 1. The Kier molecular flexibility index (Phi) is 5.88. The van der Waals surface area contributed by atoms with E-state index in [1.807, 2.05) is 61.6 Å². The van der Waals surface area contributed by atoms with Crippen LogP contribution in [0, 0.1) is 0 Å². The first-order chi connectivity index (χ1) is 12.7. The van der Waals surface area contributed by atoms with Crippen LogP contribution in [0.25, 0.3) is 0 Å². The molecule has 2 N–H and O–H groups in total. The largest absolute Gasteiger partial charge is 0.357 e. The number of carbonyl (C=O) groups is 1. The molecule has 1 aliphatic heterocycles. The zero-order chi connectivity index (χ0) is 18.4. The summed E-state index contributed by atoms with van der Waals surface area (Å²) in [6, 6.07) is 9.85. The highest BCUT2D eigenvalue weighted by atomic mass is 16.2. The van der Waals surface area contributed by atoms with Gasteiger partial charge in [-0.2, -0.15) is 5.10 Å². The van der Waals surface area contributed by atoms with Gasteiger partial charge in [0, 0.05) is 45.0 Å². The van der Waals surface area contributed by atoms with Gasteiger partial charge < -0.3 is 15.5 Å². The second-order valence-electron chi connectivity index (χ2n) is 6.42. The van der Waals surface area contributed by atoms with Crippen molar-refractivity contribution in [3.8, 4) is 0 Å². The summed E-state index contributed by atoms with van der Waals surface area (Å²) in [7, 11) is 1.91. The molecule has 7 nitrogen and oxygen atoms in total. The van der Waals surface area contributed by atoms with E-state index in [9.17, 15) is 4.79 Å². The molecule has 3 rings (SSSR count). The number of aromatic nitrogens is 2. The maximum absolute atomic E-state index is 12.3. The fraction of sp³-hybridized carbons (Fsp3) is 0.421. The van der Waals surface area contributed by atoms with Crippen LogP contribution in [0.1, 0.15) is 18.9 Å². The Morgan fingerprint density at radius 2 is 2.15 bits per heavy atom. The lowest BCUT2D eigenvalue weighted by Crippen LogP contribution is -2.44. The van der Waals surface area contributed by atoms with Crippen LogP contribution in [0.2, 0.25) is 0 Å². The van der Waals surface area contributed by atoms with Crippen LogP contribution in [-0.2, 0) is 18.3 Å². The topological polar surface area (TPSA) is 74.5 Å². The lowest BCUT2D eigenvalue weighted by atomic mass is 10.2. The average molecular weight is 354 g/mol. The molecule has 0 spiro atoms. The van der Waals surface area contributed by atoms with Crippen LogP contribution in [0.5, 0.6) is 0 Å². The van der Waals surface area contributed by atoms with Gasteiger partial charge in [-0.05, 0) is 31.0 Å². The Morgan fingerprint density at radius 1 is 1.35 bits per heavy atom. The third kappa shape index (κ3) is 4.62. The molecule has 0 saturated carbocycles. The van der Waals surface area contributed by atoms with Gasteiger partial charge in [0.1, 0.15) is 0 Å². The van der Waals surface area contributed by atoms with Gasteiger partial charge in [-0.1, -0.05) is 18.2 Å². The van der Waals surface area contributed by atoms with E-state index >= 15 is 0 Å². The molecular weight excluding hydrogens is 328 g/mol. The van der Waals surface area contributed by atoms with E-state index in [0.717, 1.165) is 24.6 Å². The predicted octanol–water partition coefficient (Wildman–Crippen LogP) is 1.32. The number of para-hydroxylation sites is 1. The van der Waals surface area contributed by atoms with Gasteiger partial charge in [0.2, 0.25) is 5.91 Å². The van der Waals surface area contributed by atoms with Gasteiger partial charge in [0.25, 0.3) is 0 Å². The van der Waals surface area contributed by atoms with Crippen LogP contribution in [-0.4, -0.2) is 47.3 Å². The normalized spacial score (nSPS) is 17.6. The van der Waals surface area contributed by atoms with Crippen molar-refractivity contribution >= 4 is 17.6 Å². The van der Waals surface area contributed by atoms with Crippen molar-refractivity contribution in [1.82, 2.24) is 20.4 Å². The molecule has 0 aliphatic carbocycles. The second-order valence-corrected chi connectivity index (χ2v) is 6.42. The Bertz CT molecular complexity index is 754. The first kappa shape index (κ1) is 18.0. The van der Waals surface area contributed by atoms with E-state index in [-0.39, 0.29) is 11.9 Å². The minimum absolute atomic E-state index is 0.0545. The number of aryl methyl sites for hydroxylation is 1. The molecule has 1 fully saturated rings. The van der Waals surface area contributed by atoms with Crippen molar-refractivity contribution in [2.75, 3.05) is 24.5 Å². The molecule has 1 aromatic heterocycles. The number of anilines is 1. The molecule has 0 radical (unpaired) electrons. The summed E-state index contributed by atoms with van der Waals surface area (Å²) < 4.78 is 1.80. The Hall–Kier alpha value is -2.83. The molecule has 1 unspecified atom stereocenters. The van der Waals surface area contributed by atoms with Crippen molar-refractivity contribution in [2.24, 2.45) is 12.0 Å². The number of rotatable bonds is 6. The molecule has 2 aromatic rings. The number of nitrogens with zero attached hydrogens (tertiary/aromatic N) is 4. The van der Waals surface area contributed by atoms with Gasteiger partial charge in [-0.15, -0.1) is 0 Å². The highest BCUT2D eigenvalue weighted by Crippen LogP contribution is 2.20. The standard InChI is InChI=1S/C19H26N6O/c1-3-20-19(21-10-9-15-12-22-24(2)13-15)23-16-11-18(26)25(14-16)17-7-5-4-6-8-17/h4-8,12-13,16H,3,9-11,14H2,1-2H3,(H2,20,21,23). The van der Waals surface area contributed by atoms with Crippen LogP contribution >= 0.6 is 0 Å². The van der Waals surface area contributed by atoms with Gasteiger partial charge >= 0.3 is 0 Å². The number of hydrogen-bond acceptors (Lipinski definition) is 3. The zero-order valence-electron chi connectivity index (χ0n) is 15.4. The number of carbonyl (C=O) groups excluding carboxylic acids is 1. The smallest absolute Gasteiger partial charge is 0.229 e. The molecular formula is C19H26N6O. The van der Waals surface area contributed by atoms with Crippen molar-refractivity contribution in [1.29, 1.82) is 0 Å². The summed E-state index contributed by atoms with van der Waals surface area (Å²) in [5.41, 5.74) is 2.11. The van der Waals surface area contributed by atoms with Crippen LogP contribution in [0.3, 0.4) is 0 Å². The molecule has 0 bridgehead atoms. The van der Waals surface area contributed by atoms with Gasteiger partial charge in [0.15, 0.2) is 5.96 Å². The molecule has 1 aromatic carbocycles. The summed E-state index contributed by atoms with van der Waals surface area (Å²) in [5, 5.41) is 10.8. The van der Waals surface area contributed by atoms with E-state index in [1.54, 1.807) is 4.68 Å². The van der Waals surface area contributed by atoms with Crippen molar-refractivity contribution in [3.05, 3.63) is 48.3 Å². The summed E-state index contributed by atoms with van der Waals surface area (Å²) in [4.78, 5) is 18.8. The predicted molar refractivity (Wildman–Crippen MR) is 103 cm³/mol. The summed E-state index contributed by atoms with van der Waals surface area (Å²) >= 11 is 0. The number of nitrogens with one attached hydrogen (secondary N) is 2. The Labute approximate surface area is 154 Å². The van der Waals surface area contributed by atoms with Crippen molar-refractivity contribution < 1.29 is 4.79 Å². The highest BCUT2D eigenvalue weighted by Gasteiger charge is 2.30. The quantitative estimate of drug-likeness (QED) is 0.606. The SMILES string of the molecule is CCNC(=NCCc1cnn(C)c1)NC1CC(=O)N(c2ccccc2)C1. The number of amides is 1. The molecule has 26 heavy (non-hydrogen) atoms. The summed E-state index contributed by atoms with van der Waals surface area (Å²) in [5.74, 6) is 0.893. The molecule has 1 saturated heterocycles. The maximum atomic E-state index is 12.3. The van der Waals surface area contributed by atoms with Crippen LogP contribution in [0.4, 0.5) is 5.69 Å². The minimum Gasteiger partial charge on any atom is -0.357 e. The molecule has 138 valence electrons. The van der Waals surface area contributed by atoms with E-state index < -0.39 is 0 Å². The number of aliphatic imine (C=N–C) groups is 1. The minimum atomic E-state index is 0.0545. The van der Waals surface area contributed by atoms with Gasteiger partial charge in [-0.3, -0.25) is 14.5 Å². The lowest BCUT2D eigenvalue weighted by molar-refractivity contribution is -0.117. The Morgan fingerprint density at radius 3 is 2.85 bits per heavy atom. The third-order valence-electron chi connectivity index (χ3n) is 4.31. The third-order valence-corrected chi connectivity index (χ3v) is 4.31. The van der Waals surface area contributed by atoms with Crippen molar-refractivity contribution in [3.63, 3.8) is 0 Å². The molecule has 1 atom stereocenters. The molecule has 2 heterocycles. The first-order valence-electron chi connectivity index (χ1n) is 9.03. The van der Waals surface area contributed by atoms with Crippen molar-refractivity contribution in [2.45, 2.75) is 25.8 Å². The molecule has 1 amide bonds. The van der Waals surface area contributed by atoms with Gasteiger partial charge in [-0.25, -0.2) is 0 Å². The maximum Gasteiger partial charge on any atom is 0.229 e. The molecule has 7 heteroatoms. The first-order valence-corrected chi connectivity index (χ1v) is 9.03. The lowest BCUT2D eigenvalue weighted by Gasteiger charge is -2.19. The number of hydrogen-bond donors (Lipinski definition) is 2. The van der Waals surface area contributed by atoms with Crippen LogP contribution in [0.15, 0.2) is 47.7 Å². The van der Waals surface area contributed by atoms with E-state index in [0.29, 0.717) is 19.5 Å². The van der Waals surface area contributed by atoms with E-state index in [1.165, 1.54) is 5.56 Å². The monoisotopic (exact) mass is 354 g/mol. The Balaban J connectivity index is 1.57. The average Bonchev–Trinajstić information content (AvgIpc) is 3.21.